The lowest BCUT2D eigenvalue weighted by Gasteiger charge is -2.18. The van der Waals surface area contributed by atoms with Crippen LogP contribution in [0.1, 0.15) is 31.7 Å². The van der Waals surface area contributed by atoms with Crippen LogP contribution in [0.5, 0.6) is 0 Å². The van der Waals surface area contributed by atoms with Crippen molar-refractivity contribution < 1.29 is 21.6 Å². The highest BCUT2D eigenvalue weighted by Crippen LogP contribution is 2.23. The maximum atomic E-state index is 12.8. The first-order valence-corrected chi connectivity index (χ1v) is 11.8. The van der Waals surface area contributed by atoms with Crippen LogP contribution in [0.15, 0.2) is 4.90 Å². The number of nitrogens with one attached hydrogen (secondary N) is 1. The highest BCUT2D eigenvalue weighted by atomic mass is 32.2. The highest BCUT2D eigenvalue weighted by molar-refractivity contribution is 7.91. The molecule has 9 nitrogen and oxygen atoms in total. The van der Waals surface area contributed by atoms with E-state index in [1.165, 1.54) is 8.99 Å². The van der Waals surface area contributed by atoms with Gasteiger partial charge in [0.1, 0.15) is 11.4 Å². The number of sulfonamides is 1. The van der Waals surface area contributed by atoms with Crippen molar-refractivity contribution in [2.45, 2.75) is 51.6 Å². The maximum Gasteiger partial charge on any atom is 0.246 e. The van der Waals surface area contributed by atoms with E-state index in [0.717, 1.165) is 0 Å². The molecule has 1 N–H and O–H groups in total. The van der Waals surface area contributed by atoms with Crippen molar-refractivity contribution in [3.05, 3.63) is 11.4 Å². The standard InChI is InChI=1S/C15H26N4O5S2/c1-5-18(6-2)26(23,24)15-11(3)17-19(12(15)4)9-14(20)16-13-7-8-25(21,22)10-13/h13H,5-10H2,1-4H3,(H,16,20). The SMILES string of the molecule is CCN(CC)S(=O)(=O)c1c(C)nn(CC(=O)NC2CCS(=O)(=O)C2)c1C. The number of aromatic nitrogens is 2. The minimum Gasteiger partial charge on any atom is -0.351 e. The van der Waals surface area contributed by atoms with E-state index in [0.29, 0.717) is 30.9 Å². The Hall–Kier alpha value is -1.46. The summed E-state index contributed by atoms with van der Waals surface area (Å²) in [6.07, 6.45) is 0.396. The van der Waals surface area contributed by atoms with Gasteiger partial charge in [-0.2, -0.15) is 9.40 Å². The van der Waals surface area contributed by atoms with Crippen molar-refractivity contribution >= 4 is 25.8 Å². The van der Waals surface area contributed by atoms with Gasteiger partial charge in [0, 0.05) is 19.1 Å². The number of hydrogen-bond donors (Lipinski definition) is 1. The van der Waals surface area contributed by atoms with Crippen LogP contribution in [0.4, 0.5) is 0 Å². The van der Waals surface area contributed by atoms with Crippen molar-refractivity contribution in [2.24, 2.45) is 0 Å². The van der Waals surface area contributed by atoms with Crippen molar-refractivity contribution in [3.63, 3.8) is 0 Å². The van der Waals surface area contributed by atoms with Gasteiger partial charge in [0.2, 0.25) is 15.9 Å². The largest absolute Gasteiger partial charge is 0.351 e. The van der Waals surface area contributed by atoms with E-state index < -0.39 is 25.9 Å². The lowest BCUT2D eigenvalue weighted by atomic mass is 10.2. The van der Waals surface area contributed by atoms with E-state index >= 15 is 0 Å². The van der Waals surface area contributed by atoms with Gasteiger partial charge < -0.3 is 5.32 Å². The van der Waals surface area contributed by atoms with E-state index in [9.17, 15) is 21.6 Å². The summed E-state index contributed by atoms with van der Waals surface area (Å²) in [5.74, 6) is -0.369. The molecule has 1 amide bonds. The Bertz CT molecular complexity index is 885. The topological polar surface area (TPSA) is 118 Å². The molecule has 0 bridgehead atoms. The molecule has 26 heavy (non-hydrogen) atoms. The van der Waals surface area contributed by atoms with E-state index in [1.807, 2.05) is 0 Å². The third kappa shape index (κ3) is 4.26. The van der Waals surface area contributed by atoms with Crippen molar-refractivity contribution in [1.29, 1.82) is 0 Å². The zero-order valence-corrected chi connectivity index (χ0v) is 17.2. The monoisotopic (exact) mass is 406 g/mol. The van der Waals surface area contributed by atoms with E-state index in [4.69, 9.17) is 0 Å². The zero-order chi connectivity index (χ0) is 19.7. The number of rotatable bonds is 7. The second-order valence-electron chi connectivity index (χ2n) is 6.41. The molecule has 0 saturated carbocycles. The predicted molar refractivity (Wildman–Crippen MR) is 97.0 cm³/mol. The van der Waals surface area contributed by atoms with Crippen LogP contribution >= 0.6 is 0 Å². The van der Waals surface area contributed by atoms with Gasteiger partial charge in [0.15, 0.2) is 9.84 Å². The Kier molecular flexibility index (Phi) is 6.13. The van der Waals surface area contributed by atoms with Crippen molar-refractivity contribution in [1.82, 2.24) is 19.4 Å². The fraction of sp³-hybridized carbons (Fsp3) is 0.733. The summed E-state index contributed by atoms with van der Waals surface area (Å²) in [6, 6.07) is -0.400. The Balaban J connectivity index is 2.18. The first kappa shape index (κ1) is 20.8. The van der Waals surface area contributed by atoms with Crippen LogP contribution in [0.25, 0.3) is 0 Å². The summed E-state index contributed by atoms with van der Waals surface area (Å²) in [5.41, 5.74) is 0.731. The summed E-state index contributed by atoms with van der Waals surface area (Å²) in [4.78, 5) is 12.3. The van der Waals surface area contributed by atoms with Gasteiger partial charge in [-0.25, -0.2) is 16.8 Å². The molecule has 0 aromatic carbocycles. The van der Waals surface area contributed by atoms with E-state index in [1.54, 1.807) is 27.7 Å². The molecule has 1 aliphatic rings. The van der Waals surface area contributed by atoms with Crippen LogP contribution in [0.3, 0.4) is 0 Å². The number of aryl methyl sites for hydroxylation is 1. The molecule has 1 aromatic heterocycles. The molecular formula is C15H26N4O5S2. The van der Waals surface area contributed by atoms with Gasteiger partial charge in [-0.15, -0.1) is 0 Å². The molecule has 0 radical (unpaired) electrons. The maximum absolute atomic E-state index is 12.8. The lowest BCUT2D eigenvalue weighted by Crippen LogP contribution is -2.38. The Morgan fingerprint density at radius 1 is 1.31 bits per heavy atom. The van der Waals surface area contributed by atoms with E-state index in [-0.39, 0.29) is 28.9 Å². The summed E-state index contributed by atoms with van der Waals surface area (Å²) in [5, 5.41) is 6.89. The molecule has 1 unspecified atom stereocenters. The van der Waals surface area contributed by atoms with Gasteiger partial charge in [0.25, 0.3) is 0 Å². The molecule has 1 saturated heterocycles. The summed E-state index contributed by atoms with van der Waals surface area (Å²) >= 11 is 0. The van der Waals surface area contributed by atoms with Crippen LogP contribution in [0.2, 0.25) is 0 Å². The minimum absolute atomic E-state index is 0.0581. The summed E-state index contributed by atoms with van der Waals surface area (Å²) in [6.45, 7) is 7.28. The Morgan fingerprint density at radius 2 is 1.92 bits per heavy atom. The predicted octanol–water partition coefficient (Wildman–Crippen LogP) is -0.166. The van der Waals surface area contributed by atoms with Crippen LogP contribution < -0.4 is 5.32 Å². The summed E-state index contributed by atoms with van der Waals surface area (Å²) < 4.78 is 51.2. The Labute approximate surface area is 154 Å². The van der Waals surface area contributed by atoms with Gasteiger partial charge in [-0.05, 0) is 20.3 Å². The van der Waals surface area contributed by atoms with Crippen molar-refractivity contribution in [2.75, 3.05) is 24.6 Å². The number of nitrogens with zero attached hydrogens (tertiary/aromatic N) is 3. The molecule has 1 atom stereocenters. The molecule has 2 rings (SSSR count). The smallest absolute Gasteiger partial charge is 0.246 e. The zero-order valence-electron chi connectivity index (χ0n) is 15.5. The quantitative estimate of drug-likeness (QED) is 0.672. The number of carbonyl (C=O) groups excluding carboxylic acids is 1. The molecule has 2 heterocycles. The molecule has 0 spiro atoms. The van der Waals surface area contributed by atoms with Crippen LogP contribution in [-0.4, -0.2) is 67.5 Å². The molecule has 11 heteroatoms. The molecule has 0 aliphatic carbocycles. The first-order chi connectivity index (χ1) is 12.0. The number of hydrogen-bond acceptors (Lipinski definition) is 6. The van der Waals surface area contributed by atoms with Gasteiger partial charge in [0.05, 0.1) is 22.9 Å². The first-order valence-electron chi connectivity index (χ1n) is 8.55. The normalized spacial score (nSPS) is 19.8. The second-order valence-corrected chi connectivity index (χ2v) is 10.5. The van der Waals surface area contributed by atoms with Gasteiger partial charge in [-0.1, -0.05) is 13.8 Å². The number of amides is 1. The summed E-state index contributed by atoms with van der Waals surface area (Å²) in [7, 11) is -6.76. The van der Waals surface area contributed by atoms with Crippen LogP contribution in [-0.2, 0) is 31.2 Å². The molecule has 1 aliphatic heterocycles. The van der Waals surface area contributed by atoms with Gasteiger partial charge in [-0.3, -0.25) is 9.48 Å². The van der Waals surface area contributed by atoms with E-state index in [2.05, 4.69) is 10.4 Å². The molecule has 1 fully saturated rings. The molecular weight excluding hydrogens is 380 g/mol. The molecule has 1 aromatic rings. The fourth-order valence-electron chi connectivity index (χ4n) is 3.22. The average molecular weight is 407 g/mol. The molecule has 148 valence electrons. The second kappa shape index (κ2) is 7.65. The van der Waals surface area contributed by atoms with Crippen molar-refractivity contribution in [3.8, 4) is 0 Å². The Morgan fingerprint density at radius 3 is 2.42 bits per heavy atom. The minimum atomic E-state index is -3.68. The fourth-order valence-corrected chi connectivity index (χ4v) is 6.72. The average Bonchev–Trinajstić information content (AvgIpc) is 2.99. The number of sulfone groups is 1. The number of carbonyl (C=O) groups is 1. The van der Waals surface area contributed by atoms with Crippen LogP contribution in [0, 0.1) is 13.8 Å². The highest BCUT2D eigenvalue weighted by Gasteiger charge is 2.31. The third-order valence-corrected chi connectivity index (χ3v) is 8.58. The van der Waals surface area contributed by atoms with Gasteiger partial charge >= 0.3 is 0 Å². The third-order valence-electron chi connectivity index (χ3n) is 4.51. The lowest BCUT2D eigenvalue weighted by molar-refractivity contribution is -0.122.